The summed E-state index contributed by atoms with van der Waals surface area (Å²) in [5.41, 5.74) is -0.907. The molecule has 0 aliphatic rings. The zero-order chi connectivity index (χ0) is 10.9. The number of hydrogen-bond acceptors (Lipinski definition) is 2. The number of aromatic hydroxyl groups is 1. The van der Waals surface area contributed by atoms with Gasteiger partial charge in [-0.15, -0.1) is 0 Å². The second kappa shape index (κ2) is 3.45. The lowest BCUT2D eigenvalue weighted by Gasteiger charge is -2.15. The molecule has 1 rings (SSSR count). The highest BCUT2D eigenvalue weighted by Crippen LogP contribution is 2.34. The van der Waals surface area contributed by atoms with Gasteiger partial charge in [0.2, 0.25) is 0 Å². The maximum absolute atomic E-state index is 12.8. The number of benzene rings is 1. The first kappa shape index (κ1) is 10.8. The van der Waals surface area contributed by atoms with Gasteiger partial charge in [-0.1, -0.05) is 0 Å². The Kier molecular flexibility index (Phi) is 2.66. The zero-order valence-corrected chi connectivity index (χ0v) is 6.72. The van der Waals surface area contributed by atoms with Gasteiger partial charge in [0.15, 0.2) is 6.10 Å². The van der Waals surface area contributed by atoms with Crippen LogP contribution in [0.4, 0.5) is 17.6 Å². The largest absolute Gasteiger partial charge is 0.508 e. The van der Waals surface area contributed by atoms with Gasteiger partial charge in [-0.25, -0.2) is 4.39 Å². The van der Waals surface area contributed by atoms with Gasteiger partial charge < -0.3 is 10.2 Å². The Labute approximate surface area is 76.4 Å². The van der Waals surface area contributed by atoms with Crippen molar-refractivity contribution in [2.24, 2.45) is 0 Å². The minimum absolute atomic E-state index is 0.499. The van der Waals surface area contributed by atoms with Crippen molar-refractivity contribution in [3.63, 3.8) is 0 Å². The fraction of sp³-hybridized carbons (Fsp3) is 0.250. The Morgan fingerprint density at radius 1 is 1.21 bits per heavy atom. The van der Waals surface area contributed by atoms with Crippen LogP contribution in [0, 0.1) is 5.82 Å². The highest BCUT2D eigenvalue weighted by Gasteiger charge is 2.40. The summed E-state index contributed by atoms with van der Waals surface area (Å²) < 4.78 is 48.6. The molecule has 78 valence electrons. The van der Waals surface area contributed by atoms with Crippen LogP contribution in [0.15, 0.2) is 18.2 Å². The van der Waals surface area contributed by atoms with Crippen LogP contribution in [0.2, 0.25) is 0 Å². The fourth-order valence-electron chi connectivity index (χ4n) is 0.914. The number of halogens is 4. The Morgan fingerprint density at radius 2 is 1.79 bits per heavy atom. The number of phenolic OH excluding ortho intramolecular Hbond substituents is 1. The second-order valence-corrected chi connectivity index (χ2v) is 2.65. The molecular weight excluding hydrogens is 204 g/mol. The number of aliphatic hydroxyl groups excluding tert-OH is 1. The van der Waals surface area contributed by atoms with Crippen molar-refractivity contribution in [2.45, 2.75) is 12.3 Å². The standard InChI is InChI=1S/C8H6F4O2/c9-6-3-4(13)1-2-5(6)7(14)8(10,11)12/h1-3,7,13-14H. The average molecular weight is 210 g/mol. The van der Waals surface area contributed by atoms with Crippen molar-refractivity contribution in [2.75, 3.05) is 0 Å². The molecule has 0 bridgehead atoms. The third kappa shape index (κ3) is 2.14. The van der Waals surface area contributed by atoms with E-state index in [9.17, 15) is 17.6 Å². The molecule has 1 atom stereocenters. The van der Waals surface area contributed by atoms with Gasteiger partial charge in [0.25, 0.3) is 0 Å². The molecule has 0 aliphatic carbocycles. The molecule has 14 heavy (non-hydrogen) atoms. The van der Waals surface area contributed by atoms with E-state index in [4.69, 9.17) is 10.2 Å². The Bertz CT molecular complexity index is 335. The fourth-order valence-corrected chi connectivity index (χ4v) is 0.914. The first-order valence-corrected chi connectivity index (χ1v) is 3.55. The molecule has 2 N–H and O–H groups in total. The summed E-state index contributed by atoms with van der Waals surface area (Å²) in [5, 5.41) is 17.4. The summed E-state index contributed by atoms with van der Waals surface area (Å²) in [7, 11) is 0. The smallest absolute Gasteiger partial charge is 0.418 e. The second-order valence-electron chi connectivity index (χ2n) is 2.65. The van der Waals surface area contributed by atoms with Gasteiger partial charge in [-0.2, -0.15) is 13.2 Å². The van der Waals surface area contributed by atoms with E-state index in [0.717, 1.165) is 6.07 Å². The topological polar surface area (TPSA) is 40.5 Å². The van der Waals surface area contributed by atoms with Crippen molar-refractivity contribution in [1.82, 2.24) is 0 Å². The first-order chi connectivity index (χ1) is 6.32. The molecule has 0 amide bonds. The summed E-state index contributed by atoms with van der Waals surface area (Å²) in [4.78, 5) is 0. The Hall–Kier alpha value is -1.30. The van der Waals surface area contributed by atoms with Crippen LogP contribution in [0.5, 0.6) is 5.75 Å². The van der Waals surface area contributed by atoms with Crippen molar-refractivity contribution in [3.05, 3.63) is 29.6 Å². The number of rotatable bonds is 1. The normalized spacial score (nSPS) is 14.1. The van der Waals surface area contributed by atoms with E-state index in [1.54, 1.807) is 0 Å². The average Bonchev–Trinajstić information content (AvgIpc) is 2.01. The molecule has 1 aromatic carbocycles. The molecule has 0 saturated heterocycles. The third-order valence-corrected chi connectivity index (χ3v) is 1.59. The van der Waals surface area contributed by atoms with Crippen molar-refractivity contribution in [1.29, 1.82) is 0 Å². The van der Waals surface area contributed by atoms with Crippen molar-refractivity contribution in [3.8, 4) is 5.75 Å². The summed E-state index contributed by atoms with van der Waals surface area (Å²) >= 11 is 0. The Balaban J connectivity index is 3.08. The van der Waals surface area contributed by atoms with Crippen molar-refractivity contribution < 1.29 is 27.8 Å². The van der Waals surface area contributed by atoms with Gasteiger partial charge >= 0.3 is 6.18 Å². The van der Waals surface area contributed by atoms with E-state index in [-0.39, 0.29) is 0 Å². The molecule has 0 saturated carbocycles. The van der Waals surface area contributed by atoms with E-state index in [1.807, 2.05) is 0 Å². The van der Waals surface area contributed by atoms with Gasteiger partial charge in [-0.05, 0) is 12.1 Å². The van der Waals surface area contributed by atoms with Crippen LogP contribution >= 0.6 is 0 Å². The number of hydrogen-bond donors (Lipinski definition) is 2. The van der Waals surface area contributed by atoms with E-state index >= 15 is 0 Å². The first-order valence-electron chi connectivity index (χ1n) is 3.55. The number of phenols is 1. The maximum Gasteiger partial charge on any atom is 0.418 e. The highest BCUT2D eigenvalue weighted by atomic mass is 19.4. The minimum atomic E-state index is -4.92. The molecule has 0 radical (unpaired) electrons. The van der Waals surface area contributed by atoms with Crippen LogP contribution in [-0.4, -0.2) is 16.4 Å². The number of alkyl halides is 3. The zero-order valence-electron chi connectivity index (χ0n) is 6.72. The molecule has 0 aromatic heterocycles. The minimum Gasteiger partial charge on any atom is -0.508 e. The molecule has 2 nitrogen and oxygen atoms in total. The van der Waals surface area contributed by atoms with Crippen LogP contribution in [0.1, 0.15) is 11.7 Å². The third-order valence-electron chi connectivity index (χ3n) is 1.59. The molecule has 1 unspecified atom stereocenters. The van der Waals surface area contributed by atoms with Gasteiger partial charge in [-0.3, -0.25) is 0 Å². The van der Waals surface area contributed by atoms with E-state index < -0.39 is 29.4 Å². The predicted octanol–water partition coefficient (Wildman–Crippen LogP) is 2.13. The molecule has 1 aromatic rings. The lowest BCUT2D eigenvalue weighted by molar-refractivity contribution is -0.207. The van der Waals surface area contributed by atoms with Crippen LogP contribution in [-0.2, 0) is 0 Å². The quantitative estimate of drug-likeness (QED) is 0.697. The monoisotopic (exact) mass is 210 g/mol. The summed E-state index contributed by atoms with van der Waals surface area (Å²) in [5.74, 6) is -1.80. The van der Waals surface area contributed by atoms with Crippen LogP contribution in [0.25, 0.3) is 0 Å². The van der Waals surface area contributed by atoms with E-state index in [2.05, 4.69) is 0 Å². The maximum atomic E-state index is 12.8. The number of aliphatic hydroxyl groups is 1. The lowest BCUT2D eigenvalue weighted by Crippen LogP contribution is -2.21. The van der Waals surface area contributed by atoms with E-state index in [0.29, 0.717) is 12.1 Å². The summed E-state index contributed by atoms with van der Waals surface area (Å²) in [6.07, 6.45) is -7.79. The molecule has 0 aliphatic heterocycles. The lowest BCUT2D eigenvalue weighted by atomic mass is 10.1. The molecule has 0 spiro atoms. The molecule has 0 heterocycles. The van der Waals surface area contributed by atoms with E-state index in [1.165, 1.54) is 0 Å². The van der Waals surface area contributed by atoms with Crippen LogP contribution in [0.3, 0.4) is 0 Å². The predicted molar refractivity (Wildman–Crippen MR) is 39.1 cm³/mol. The van der Waals surface area contributed by atoms with Crippen molar-refractivity contribution >= 4 is 0 Å². The molecule has 6 heteroatoms. The highest BCUT2D eigenvalue weighted by molar-refractivity contribution is 5.29. The van der Waals surface area contributed by atoms with Crippen LogP contribution < -0.4 is 0 Å². The molecular formula is C8H6F4O2. The summed E-state index contributed by atoms with van der Waals surface area (Å²) in [6, 6.07) is 2.06. The SMILES string of the molecule is Oc1ccc(C(O)C(F)(F)F)c(F)c1. The van der Waals surface area contributed by atoms with Gasteiger partial charge in [0.1, 0.15) is 11.6 Å². The summed E-state index contributed by atoms with van der Waals surface area (Å²) in [6.45, 7) is 0. The van der Waals surface area contributed by atoms with Gasteiger partial charge in [0.05, 0.1) is 0 Å². The molecule has 0 fully saturated rings. The van der Waals surface area contributed by atoms with Gasteiger partial charge in [0, 0.05) is 11.6 Å². The Morgan fingerprint density at radius 3 is 2.21 bits per heavy atom.